The Kier molecular flexibility index (Phi) is 3.51. The zero-order chi connectivity index (χ0) is 15.0. The van der Waals surface area contributed by atoms with Gasteiger partial charge in [-0.1, -0.05) is 0 Å². The molecule has 0 atom stereocenters. The van der Waals surface area contributed by atoms with E-state index in [2.05, 4.69) is 27.2 Å². The van der Waals surface area contributed by atoms with E-state index in [-0.39, 0.29) is 0 Å². The van der Waals surface area contributed by atoms with Crippen molar-refractivity contribution in [2.75, 3.05) is 19.1 Å². The summed E-state index contributed by atoms with van der Waals surface area (Å²) in [5.41, 5.74) is 3.31. The van der Waals surface area contributed by atoms with E-state index in [1.54, 1.807) is 18.4 Å². The van der Waals surface area contributed by atoms with E-state index in [1.807, 2.05) is 38.2 Å². The maximum atomic E-state index is 5.21. The number of fused-ring (bicyclic) bond motifs is 1. The molecule has 0 aliphatic carbocycles. The maximum Gasteiger partial charge on any atom is 0.154 e. The molecule has 0 bridgehead atoms. The monoisotopic (exact) mass is 299 g/mol. The number of aromatic nitrogens is 2. The molecule has 0 aliphatic rings. The Labute approximate surface area is 128 Å². The average molecular weight is 299 g/mol. The van der Waals surface area contributed by atoms with E-state index in [1.165, 1.54) is 5.56 Å². The normalized spacial score (nSPS) is 10.9. The van der Waals surface area contributed by atoms with Gasteiger partial charge in [-0.25, -0.2) is 9.97 Å². The minimum atomic E-state index is 0.791. The van der Waals surface area contributed by atoms with Crippen molar-refractivity contribution in [3.63, 3.8) is 0 Å². The van der Waals surface area contributed by atoms with E-state index in [9.17, 15) is 0 Å². The topological polar surface area (TPSA) is 38.2 Å². The summed E-state index contributed by atoms with van der Waals surface area (Å²) in [6, 6.07) is 7.97. The molecule has 0 N–H and O–H groups in total. The Hall–Kier alpha value is -2.14. The first-order valence-electron chi connectivity index (χ1n) is 6.70. The summed E-state index contributed by atoms with van der Waals surface area (Å²) in [4.78, 5) is 11.3. The van der Waals surface area contributed by atoms with Gasteiger partial charge in [-0.2, -0.15) is 0 Å². The zero-order valence-corrected chi connectivity index (χ0v) is 13.4. The van der Waals surface area contributed by atoms with Crippen LogP contribution in [-0.2, 0) is 0 Å². The Bertz CT molecular complexity index is 780. The molecule has 0 aliphatic heterocycles. The molecule has 3 aromatic rings. The Morgan fingerprint density at radius 2 is 1.81 bits per heavy atom. The van der Waals surface area contributed by atoms with Gasteiger partial charge in [0, 0.05) is 12.7 Å². The molecule has 0 saturated heterocycles. The number of hydrogen-bond acceptors (Lipinski definition) is 5. The van der Waals surface area contributed by atoms with Gasteiger partial charge >= 0.3 is 0 Å². The fraction of sp³-hybridized carbons (Fsp3) is 0.250. The number of benzene rings is 1. The summed E-state index contributed by atoms with van der Waals surface area (Å²) in [5.74, 6) is 2.59. The summed E-state index contributed by atoms with van der Waals surface area (Å²) in [7, 11) is 3.70. The van der Waals surface area contributed by atoms with Gasteiger partial charge in [0.1, 0.15) is 11.6 Å². The van der Waals surface area contributed by atoms with Crippen molar-refractivity contribution in [3.05, 3.63) is 41.0 Å². The van der Waals surface area contributed by atoms with Crippen molar-refractivity contribution in [1.82, 2.24) is 9.97 Å². The van der Waals surface area contributed by atoms with Gasteiger partial charge < -0.3 is 9.64 Å². The van der Waals surface area contributed by atoms with Crippen molar-refractivity contribution in [1.29, 1.82) is 0 Å². The second kappa shape index (κ2) is 5.33. The highest BCUT2D eigenvalue weighted by Gasteiger charge is 2.14. The van der Waals surface area contributed by atoms with Crippen LogP contribution in [0.15, 0.2) is 29.6 Å². The summed E-state index contributed by atoms with van der Waals surface area (Å²) in [5, 5.41) is 2.13. The molecule has 0 saturated carbocycles. The largest absolute Gasteiger partial charge is 0.497 e. The van der Waals surface area contributed by atoms with Gasteiger partial charge in [-0.05, 0) is 49.1 Å². The third-order valence-electron chi connectivity index (χ3n) is 3.46. The number of ether oxygens (including phenoxy) is 1. The lowest BCUT2D eigenvalue weighted by Gasteiger charge is -2.19. The molecule has 5 heteroatoms. The van der Waals surface area contributed by atoms with E-state index >= 15 is 0 Å². The van der Waals surface area contributed by atoms with E-state index in [0.29, 0.717) is 0 Å². The lowest BCUT2D eigenvalue weighted by Crippen LogP contribution is -2.12. The van der Waals surface area contributed by atoms with Crippen molar-refractivity contribution >= 4 is 33.1 Å². The van der Waals surface area contributed by atoms with Crippen molar-refractivity contribution in [2.45, 2.75) is 13.8 Å². The van der Waals surface area contributed by atoms with Gasteiger partial charge in [-0.3, -0.25) is 0 Å². The van der Waals surface area contributed by atoms with Crippen LogP contribution in [-0.4, -0.2) is 24.1 Å². The summed E-state index contributed by atoms with van der Waals surface area (Å²) >= 11 is 1.69. The summed E-state index contributed by atoms with van der Waals surface area (Å²) in [6.07, 6.45) is 0. The molecule has 2 aromatic heterocycles. The number of thiophene rings is 1. The van der Waals surface area contributed by atoms with Crippen molar-refractivity contribution in [2.24, 2.45) is 0 Å². The van der Waals surface area contributed by atoms with Crippen LogP contribution in [0, 0.1) is 13.8 Å². The van der Waals surface area contributed by atoms with Crippen LogP contribution in [0.1, 0.15) is 11.4 Å². The highest BCUT2D eigenvalue weighted by atomic mass is 32.1. The minimum absolute atomic E-state index is 0.791. The molecule has 3 rings (SSSR count). The lowest BCUT2D eigenvalue weighted by atomic mass is 10.2. The van der Waals surface area contributed by atoms with Gasteiger partial charge in [0.2, 0.25) is 0 Å². The van der Waals surface area contributed by atoms with Crippen LogP contribution in [0.25, 0.3) is 10.2 Å². The second-order valence-electron chi connectivity index (χ2n) is 4.95. The SMILES string of the molecule is COc1ccc(N(C)c2nc(C)nc3c(C)csc23)cc1. The van der Waals surface area contributed by atoms with E-state index in [4.69, 9.17) is 4.74 Å². The van der Waals surface area contributed by atoms with Crippen LogP contribution >= 0.6 is 11.3 Å². The molecule has 4 nitrogen and oxygen atoms in total. The van der Waals surface area contributed by atoms with Gasteiger partial charge in [-0.15, -0.1) is 11.3 Å². The van der Waals surface area contributed by atoms with Gasteiger partial charge in [0.15, 0.2) is 5.82 Å². The highest BCUT2D eigenvalue weighted by molar-refractivity contribution is 7.18. The Balaban J connectivity index is 2.09. The first-order chi connectivity index (χ1) is 10.1. The van der Waals surface area contributed by atoms with Crippen LogP contribution in [0.5, 0.6) is 5.75 Å². The second-order valence-corrected chi connectivity index (χ2v) is 5.83. The standard InChI is InChI=1S/C16H17N3OS/c1-10-9-21-15-14(10)17-11(2)18-16(15)19(3)12-5-7-13(20-4)8-6-12/h5-9H,1-4H3. The third-order valence-corrected chi connectivity index (χ3v) is 4.55. The third kappa shape index (κ3) is 2.45. The number of nitrogens with zero attached hydrogens (tertiary/aromatic N) is 3. The predicted octanol–water partition coefficient (Wildman–Crippen LogP) is 4.08. The molecule has 1 aromatic carbocycles. The highest BCUT2D eigenvalue weighted by Crippen LogP contribution is 2.34. The van der Waals surface area contributed by atoms with Crippen LogP contribution in [0.2, 0.25) is 0 Å². The number of hydrogen-bond donors (Lipinski definition) is 0. The smallest absolute Gasteiger partial charge is 0.154 e. The van der Waals surface area contributed by atoms with Crippen molar-refractivity contribution < 1.29 is 4.74 Å². The first kappa shape index (κ1) is 13.8. The summed E-state index contributed by atoms with van der Waals surface area (Å²) < 4.78 is 6.33. The fourth-order valence-electron chi connectivity index (χ4n) is 2.28. The number of aryl methyl sites for hydroxylation is 2. The molecule has 21 heavy (non-hydrogen) atoms. The van der Waals surface area contributed by atoms with Crippen LogP contribution < -0.4 is 9.64 Å². The molecular weight excluding hydrogens is 282 g/mol. The average Bonchev–Trinajstić information content (AvgIpc) is 2.87. The molecule has 0 spiro atoms. The van der Waals surface area contributed by atoms with Crippen LogP contribution in [0.4, 0.5) is 11.5 Å². The maximum absolute atomic E-state index is 5.21. The number of methoxy groups -OCH3 is 1. The van der Waals surface area contributed by atoms with Gasteiger partial charge in [0.05, 0.1) is 17.3 Å². The zero-order valence-electron chi connectivity index (χ0n) is 12.5. The Morgan fingerprint density at radius 3 is 2.48 bits per heavy atom. The molecule has 0 unspecified atom stereocenters. The Morgan fingerprint density at radius 1 is 1.10 bits per heavy atom. The van der Waals surface area contributed by atoms with E-state index in [0.717, 1.165) is 33.3 Å². The molecule has 0 radical (unpaired) electrons. The molecule has 0 amide bonds. The van der Waals surface area contributed by atoms with Crippen LogP contribution in [0.3, 0.4) is 0 Å². The van der Waals surface area contributed by atoms with Crippen molar-refractivity contribution in [3.8, 4) is 5.75 Å². The molecule has 108 valence electrons. The fourth-order valence-corrected chi connectivity index (χ4v) is 3.29. The number of rotatable bonds is 3. The minimum Gasteiger partial charge on any atom is -0.497 e. The molecule has 2 heterocycles. The van der Waals surface area contributed by atoms with E-state index < -0.39 is 0 Å². The molecular formula is C16H17N3OS. The van der Waals surface area contributed by atoms with Gasteiger partial charge in [0.25, 0.3) is 0 Å². The summed E-state index contributed by atoms with van der Waals surface area (Å²) in [6.45, 7) is 4.02. The number of anilines is 2. The molecule has 0 fully saturated rings. The predicted molar refractivity (Wildman–Crippen MR) is 87.9 cm³/mol. The lowest BCUT2D eigenvalue weighted by molar-refractivity contribution is 0.415. The quantitative estimate of drug-likeness (QED) is 0.730. The first-order valence-corrected chi connectivity index (χ1v) is 7.58.